The lowest BCUT2D eigenvalue weighted by atomic mass is 10.0. The predicted molar refractivity (Wildman–Crippen MR) is 109 cm³/mol. The van der Waals surface area contributed by atoms with Crippen molar-refractivity contribution in [2.45, 2.75) is 12.5 Å². The molecule has 0 saturated carbocycles. The van der Waals surface area contributed by atoms with E-state index in [1.807, 2.05) is 84.9 Å². The molecule has 1 heterocycles. The first-order valence-electron chi connectivity index (χ1n) is 9.18. The fourth-order valence-corrected chi connectivity index (χ4v) is 3.29. The van der Waals surface area contributed by atoms with Gasteiger partial charge in [0.1, 0.15) is 23.1 Å². The largest absolute Gasteiger partial charge is 0.497 e. The zero-order chi connectivity index (χ0) is 19.3. The van der Waals surface area contributed by atoms with Crippen molar-refractivity contribution in [3.8, 4) is 5.75 Å². The van der Waals surface area contributed by atoms with Crippen LogP contribution in [0.25, 0.3) is 11.0 Å². The van der Waals surface area contributed by atoms with Crippen LogP contribution in [0.3, 0.4) is 0 Å². The molecule has 1 aromatic heterocycles. The number of carbonyl (C=O) groups is 1. The molecule has 0 bridgehead atoms. The number of para-hydroxylation sites is 1. The van der Waals surface area contributed by atoms with Crippen LogP contribution in [0.4, 0.5) is 0 Å². The summed E-state index contributed by atoms with van der Waals surface area (Å²) in [5, 5.41) is 4.14. The lowest BCUT2D eigenvalue weighted by molar-refractivity contribution is -0.121. The highest BCUT2D eigenvalue weighted by Crippen LogP contribution is 2.28. The highest BCUT2D eigenvalue weighted by atomic mass is 16.5. The van der Waals surface area contributed by atoms with Gasteiger partial charge in [0, 0.05) is 5.39 Å². The Morgan fingerprint density at radius 2 is 1.75 bits per heavy atom. The minimum absolute atomic E-state index is 0.0810. The molecular weight excluding hydrogens is 350 g/mol. The third-order valence-corrected chi connectivity index (χ3v) is 4.67. The van der Waals surface area contributed by atoms with E-state index in [2.05, 4.69) is 5.32 Å². The molecule has 0 aliphatic heterocycles. The van der Waals surface area contributed by atoms with Crippen molar-refractivity contribution in [3.63, 3.8) is 0 Å². The molecule has 1 unspecified atom stereocenters. The summed E-state index contributed by atoms with van der Waals surface area (Å²) < 4.78 is 11.3. The smallest absolute Gasteiger partial charge is 0.225 e. The first-order chi connectivity index (χ1) is 13.7. The molecule has 1 amide bonds. The summed E-state index contributed by atoms with van der Waals surface area (Å²) in [7, 11) is 1.62. The van der Waals surface area contributed by atoms with E-state index in [4.69, 9.17) is 9.15 Å². The maximum absolute atomic E-state index is 12.8. The van der Waals surface area contributed by atoms with Gasteiger partial charge in [0.25, 0.3) is 0 Å². The van der Waals surface area contributed by atoms with Crippen LogP contribution in [0.2, 0.25) is 0 Å². The highest BCUT2D eigenvalue weighted by molar-refractivity contribution is 5.81. The lowest BCUT2D eigenvalue weighted by Gasteiger charge is -2.17. The van der Waals surface area contributed by atoms with E-state index in [1.54, 1.807) is 7.11 Å². The second-order valence-corrected chi connectivity index (χ2v) is 6.63. The van der Waals surface area contributed by atoms with E-state index in [-0.39, 0.29) is 18.4 Å². The van der Waals surface area contributed by atoms with Crippen molar-refractivity contribution in [2.75, 3.05) is 7.11 Å². The summed E-state index contributed by atoms with van der Waals surface area (Å²) in [5.41, 5.74) is 2.68. The van der Waals surface area contributed by atoms with Gasteiger partial charge in [-0.1, -0.05) is 60.7 Å². The fourth-order valence-electron chi connectivity index (χ4n) is 3.29. The summed E-state index contributed by atoms with van der Waals surface area (Å²) in [4.78, 5) is 12.8. The number of methoxy groups -OCH3 is 1. The molecule has 1 N–H and O–H groups in total. The number of fused-ring (bicyclic) bond motifs is 1. The van der Waals surface area contributed by atoms with E-state index in [0.717, 1.165) is 27.8 Å². The normalized spacial score (nSPS) is 11.9. The Kier molecular flexibility index (Phi) is 5.11. The van der Waals surface area contributed by atoms with E-state index < -0.39 is 0 Å². The maximum Gasteiger partial charge on any atom is 0.225 e. The van der Waals surface area contributed by atoms with Gasteiger partial charge >= 0.3 is 0 Å². The van der Waals surface area contributed by atoms with Gasteiger partial charge in [-0.2, -0.15) is 0 Å². The topological polar surface area (TPSA) is 51.5 Å². The van der Waals surface area contributed by atoms with Crippen LogP contribution in [0.5, 0.6) is 5.75 Å². The van der Waals surface area contributed by atoms with Gasteiger partial charge in [0.2, 0.25) is 5.91 Å². The third-order valence-electron chi connectivity index (χ3n) is 4.67. The number of hydrogen-bond acceptors (Lipinski definition) is 3. The number of hydrogen-bond donors (Lipinski definition) is 1. The van der Waals surface area contributed by atoms with Crippen molar-refractivity contribution >= 4 is 16.9 Å². The summed E-state index contributed by atoms with van der Waals surface area (Å²) in [6.07, 6.45) is 0.265. The number of ether oxygens (including phenoxy) is 1. The van der Waals surface area contributed by atoms with Crippen LogP contribution in [0.15, 0.2) is 89.3 Å². The number of benzene rings is 3. The molecule has 3 aromatic carbocycles. The quantitative estimate of drug-likeness (QED) is 0.525. The Balaban J connectivity index is 1.61. The molecule has 4 aromatic rings. The first kappa shape index (κ1) is 17.9. The molecule has 0 radical (unpaired) electrons. The molecule has 0 fully saturated rings. The van der Waals surface area contributed by atoms with Crippen molar-refractivity contribution in [1.29, 1.82) is 0 Å². The van der Waals surface area contributed by atoms with Crippen LogP contribution in [0.1, 0.15) is 22.9 Å². The van der Waals surface area contributed by atoms with Gasteiger partial charge in [0.05, 0.1) is 13.5 Å². The number of furan rings is 1. The van der Waals surface area contributed by atoms with Gasteiger partial charge in [-0.15, -0.1) is 0 Å². The third kappa shape index (κ3) is 3.91. The molecule has 4 heteroatoms. The van der Waals surface area contributed by atoms with E-state index >= 15 is 0 Å². The van der Waals surface area contributed by atoms with E-state index in [0.29, 0.717) is 5.76 Å². The van der Waals surface area contributed by atoms with Crippen molar-refractivity contribution in [1.82, 2.24) is 5.32 Å². The Morgan fingerprint density at radius 3 is 2.54 bits per heavy atom. The Hall–Kier alpha value is -3.53. The molecule has 28 heavy (non-hydrogen) atoms. The monoisotopic (exact) mass is 371 g/mol. The van der Waals surface area contributed by atoms with Gasteiger partial charge in [-0.05, 0) is 35.4 Å². The fraction of sp³-hybridized carbons (Fsp3) is 0.125. The van der Waals surface area contributed by atoms with E-state index in [1.165, 1.54) is 0 Å². The molecule has 4 rings (SSSR count). The lowest BCUT2D eigenvalue weighted by Crippen LogP contribution is -2.30. The molecule has 140 valence electrons. The van der Waals surface area contributed by atoms with Crippen LogP contribution in [-0.2, 0) is 11.2 Å². The first-order valence-corrected chi connectivity index (χ1v) is 9.18. The summed E-state index contributed by atoms with van der Waals surface area (Å²) >= 11 is 0. The standard InChI is InChI=1S/C24H21NO3/c1-27-20-12-7-8-17(14-20)15-23(26)25-24(18-9-3-2-4-10-18)22-16-19-11-5-6-13-21(19)28-22/h2-14,16,24H,15H2,1H3,(H,25,26). The van der Waals surface area contributed by atoms with Crippen molar-refractivity contribution in [3.05, 3.63) is 102 Å². The van der Waals surface area contributed by atoms with Crippen LogP contribution in [-0.4, -0.2) is 13.0 Å². The Morgan fingerprint density at radius 1 is 0.964 bits per heavy atom. The maximum atomic E-state index is 12.8. The Labute approximate surface area is 163 Å². The molecular formula is C24H21NO3. The van der Waals surface area contributed by atoms with Gasteiger partial charge in [-0.3, -0.25) is 4.79 Å². The second kappa shape index (κ2) is 8.01. The van der Waals surface area contributed by atoms with Gasteiger partial charge in [0.15, 0.2) is 0 Å². The van der Waals surface area contributed by atoms with Crippen LogP contribution >= 0.6 is 0 Å². The summed E-state index contributed by atoms with van der Waals surface area (Å²) in [5.74, 6) is 1.37. The SMILES string of the molecule is COc1cccc(CC(=O)NC(c2ccccc2)c2cc3ccccc3o2)c1. The average molecular weight is 371 g/mol. The summed E-state index contributed by atoms with van der Waals surface area (Å²) in [6, 6.07) is 26.9. The number of rotatable bonds is 6. The predicted octanol–water partition coefficient (Wildman–Crippen LogP) is 4.89. The van der Waals surface area contributed by atoms with Crippen LogP contribution in [0, 0.1) is 0 Å². The van der Waals surface area contributed by atoms with Crippen molar-refractivity contribution < 1.29 is 13.9 Å². The van der Waals surface area contributed by atoms with Crippen molar-refractivity contribution in [2.24, 2.45) is 0 Å². The van der Waals surface area contributed by atoms with Gasteiger partial charge < -0.3 is 14.5 Å². The zero-order valence-electron chi connectivity index (χ0n) is 15.6. The summed E-state index contributed by atoms with van der Waals surface area (Å²) in [6.45, 7) is 0. The molecule has 0 saturated heterocycles. The van der Waals surface area contributed by atoms with E-state index in [9.17, 15) is 4.79 Å². The molecule has 4 nitrogen and oxygen atoms in total. The van der Waals surface area contributed by atoms with Crippen LogP contribution < -0.4 is 10.1 Å². The Bertz CT molecular complexity index is 1050. The average Bonchev–Trinajstić information content (AvgIpc) is 3.16. The number of amides is 1. The number of carbonyl (C=O) groups excluding carboxylic acids is 1. The molecule has 0 aliphatic rings. The van der Waals surface area contributed by atoms with Gasteiger partial charge in [-0.25, -0.2) is 0 Å². The number of nitrogens with one attached hydrogen (secondary N) is 1. The molecule has 0 aliphatic carbocycles. The minimum Gasteiger partial charge on any atom is -0.497 e. The minimum atomic E-state index is -0.355. The second-order valence-electron chi connectivity index (χ2n) is 6.63. The molecule has 0 spiro atoms. The molecule has 1 atom stereocenters. The zero-order valence-corrected chi connectivity index (χ0v) is 15.6. The highest BCUT2D eigenvalue weighted by Gasteiger charge is 2.21.